The molecular formula is C26H28O8. The fraction of sp³-hybridized carbons (Fsp3) is 0.654. The van der Waals surface area contributed by atoms with Gasteiger partial charge >= 0.3 is 5.97 Å². The van der Waals surface area contributed by atoms with Gasteiger partial charge in [-0.25, -0.2) is 4.79 Å². The number of esters is 1. The third-order valence-corrected chi connectivity index (χ3v) is 10.8. The van der Waals surface area contributed by atoms with Gasteiger partial charge in [0.25, 0.3) is 0 Å². The van der Waals surface area contributed by atoms with Crippen molar-refractivity contribution >= 4 is 17.5 Å². The van der Waals surface area contributed by atoms with E-state index >= 15 is 0 Å². The molecule has 9 atom stereocenters. The smallest absolute Gasteiger partial charge is 0.339 e. The first-order valence-corrected chi connectivity index (χ1v) is 12.0. The van der Waals surface area contributed by atoms with Crippen LogP contribution in [0.25, 0.3) is 0 Å². The Morgan fingerprint density at radius 2 is 1.85 bits per heavy atom. The summed E-state index contributed by atoms with van der Waals surface area (Å²) in [6.45, 7) is 7.61. The first kappa shape index (κ1) is 21.0. The van der Waals surface area contributed by atoms with E-state index in [1.54, 1.807) is 26.2 Å². The molecule has 0 aromatic carbocycles. The van der Waals surface area contributed by atoms with E-state index in [0.717, 1.165) is 5.56 Å². The number of carbonyl (C=O) groups is 3. The van der Waals surface area contributed by atoms with Gasteiger partial charge in [-0.2, -0.15) is 0 Å². The molecule has 4 heterocycles. The molecule has 3 aliphatic carbocycles. The highest BCUT2D eigenvalue weighted by molar-refractivity contribution is 6.18. The Hall–Kier alpha value is -2.29. The lowest BCUT2D eigenvalue weighted by molar-refractivity contribution is -0.239. The fourth-order valence-corrected chi connectivity index (χ4v) is 9.42. The van der Waals surface area contributed by atoms with E-state index in [0.29, 0.717) is 12.8 Å². The number of allylic oxidation sites excluding steroid dienone is 1. The van der Waals surface area contributed by atoms with Crippen molar-refractivity contribution in [3.63, 3.8) is 0 Å². The molecule has 8 heteroatoms. The average molecular weight is 469 g/mol. The number of aliphatic hydroxyl groups is 1. The molecule has 1 aromatic heterocycles. The molecule has 0 radical (unpaired) electrons. The minimum atomic E-state index is -1.50. The van der Waals surface area contributed by atoms with Crippen LogP contribution in [0.15, 0.2) is 35.2 Å². The van der Waals surface area contributed by atoms with Gasteiger partial charge in [0.15, 0.2) is 17.7 Å². The number of carbonyl (C=O) groups excluding carboxylic acids is 3. The van der Waals surface area contributed by atoms with Gasteiger partial charge in [-0.15, -0.1) is 0 Å². The molecular weight excluding hydrogens is 440 g/mol. The Balaban J connectivity index is 1.47. The van der Waals surface area contributed by atoms with Crippen molar-refractivity contribution in [3.05, 3.63) is 36.3 Å². The number of rotatable bonds is 1. The molecule has 34 heavy (non-hydrogen) atoms. The Labute approximate surface area is 196 Å². The van der Waals surface area contributed by atoms with Crippen molar-refractivity contribution in [3.8, 4) is 0 Å². The summed E-state index contributed by atoms with van der Waals surface area (Å²) in [6, 6.07) is 1.77. The van der Waals surface area contributed by atoms with Crippen LogP contribution < -0.4 is 0 Å². The highest BCUT2D eigenvalue weighted by atomic mass is 16.7. The van der Waals surface area contributed by atoms with Crippen molar-refractivity contribution in [2.45, 2.75) is 70.1 Å². The zero-order valence-corrected chi connectivity index (χ0v) is 19.6. The molecule has 3 saturated heterocycles. The second kappa shape index (κ2) is 5.58. The molecule has 6 aliphatic rings. The third-order valence-electron chi connectivity index (χ3n) is 10.8. The van der Waals surface area contributed by atoms with E-state index in [1.807, 2.05) is 19.9 Å². The van der Waals surface area contributed by atoms with Crippen LogP contribution in [0.5, 0.6) is 0 Å². The molecule has 1 aromatic rings. The first-order valence-electron chi connectivity index (χ1n) is 12.0. The van der Waals surface area contributed by atoms with E-state index in [2.05, 4.69) is 0 Å². The van der Waals surface area contributed by atoms with Crippen molar-refractivity contribution in [1.82, 2.24) is 0 Å². The molecule has 8 nitrogen and oxygen atoms in total. The standard InChI is InChI=1S/C26H28O8/c1-21(2)25-15(27)6-9-24(25,12-32-21)14-5-8-22(3)18(13-7-10-31-11-13)33-20(30)19-26(22,34-19)23(14,4)16(28)17(25)29/h6-7,9-11,14,16,18-19,28H,5,8,12H2,1-4H3/t14-,16-,18-,19-,22+,23-,24-,25-,26+/m0/s1. The highest BCUT2D eigenvalue weighted by Gasteiger charge is 2.92. The van der Waals surface area contributed by atoms with E-state index in [4.69, 9.17) is 18.6 Å². The maximum atomic E-state index is 14.2. The summed E-state index contributed by atoms with van der Waals surface area (Å²) in [5.74, 6) is -1.65. The predicted octanol–water partition coefficient (Wildman–Crippen LogP) is 2.30. The lowest BCUT2D eigenvalue weighted by atomic mass is 9.34. The minimum Gasteiger partial charge on any atom is -0.472 e. The van der Waals surface area contributed by atoms with E-state index in [9.17, 15) is 19.5 Å². The van der Waals surface area contributed by atoms with Crippen LogP contribution in [-0.2, 0) is 28.6 Å². The third kappa shape index (κ3) is 1.68. The van der Waals surface area contributed by atoms with E-state index in [-0.39, 0.29) is 18.3 Å². The molecule has 5 fully saturated rings. The summed E-state index contributed by atoms with van der Waals surface area (Å²) in [6.07, 6.45) is 4.65. The Morgan fingerprint density at radius 3 is 2.56 bits per heavy atom. The lowest BCUT2D eigenvalue weighted by Crippen LogP contribution is -2.77. The quantitative estimate of drug-likeness (QED) is 0.379. The summed E-state index contributed by atoms with van der Waals surface area (Å²) >= 11 is 0. The molecule has 180 valence electrons. The summed E-state index contributed by atoms with van der Waals surface area (Å²) in [5, 5.41) is 11.9. The fourth-order valence-electron chi connectivity index (χ4n) is 9.42. The SMILES string of the molecule is CC1(C)OC[C@]23C=CC(=O)[C@]12C(=O)[C@H](O)[C@]1(C)[C@@H]3CC[C@]2(C)[C@H](c3ccoc3)OC(=O)[C@@H]3O[C@@]312. The van der Waals surface area contributed by atoms with Gasteiger partial charge in [0.1, 0.15) is 23.2 Å². The normalized spacial score (nSPS) is 54.0. The zero-order valence-electron chi connectivity index (χ0n) is 19.6. The average Bonchev–Trinajstić information content (AvgIpc) is 3.08. The second-order valence-electron chi connectivity index (χ2n) is 12.0. The maximum absolute atomic E-state index is 14.2. The molecule has 2 saturated carbocycles. The van der Waals surface area contributed by atoms with Gasteiger partial charge in [0, 0.05) is 21.8 Å². The Morgan fingerprint density at radius 1 is 1.09 bits per heavy atom. The first-order chi connectivity index (χ1) is 16.0. The molecule has 1 N–H and O–H groups in total. The number of ketones is 2. The summed E-state index contributed by atoms with van der Waals surface area (Å²) in [5.41, 5.74) is -5.71. The molecule has 0 unspecified atom stereocenters. The van der Waals surface area contributed by atoms with Crippen molar-refractivity contribution in [1.29, 1.82) is 0 Å². The number of furan rings is 1. The highest BCUT2D eigenvalue weighted by Crippen LogP contribution is 2.81. The van der Waals surface area contributed by atoms with Crippen molar-refractivity contribution in [2.75, 3.05) is 6.61 Å². The second-order valence-corrected chi connectivity index (χ2v) is 12.0. The van der Waals surface area contributed by atoms with Crippen LogP contribution in [0, 0.1) is 27.6 Å². The number of hydrogen-bond donors (Lipinski definition) is 1. The van der Waals surface area contributed by atoms with Gasteiger partial charge in [0.2, 0.25) is 0 Å². The van der Waals surface area contributed by atoms with Gasteiger partial charge in [-0.3, -0.25) is 9.59 Å². The topological polar surface area (TPSA) is 116 Å². The summed E-state index contributed by atoms with van der Waals surface area (Å²) in [7, 11) is 0. The van der Waals surface area contributed by atoms with Gasteiger partial charge in [0.05, 0.1) is 24.7 Å². The molecule has 3 aliphatic heterocycles. The van der Waals surface area contributed by atoms with Crippen LogP contribution >= 0.6 is 0 Å². The number of cyclic esters (lactones) is 1. The zero-order chi connectivity index (χ0) is 24.1. The maximum Gasteiger partial charge on any atom is 0.339 e. The predicted molar refractivity (Wildman–Crippen MR) is 114 cm³/mol. The van der Waals surface area contributed by atoms with Crippen LogP contribution in [0.4, 0.5) is 0 Å². The van der Waals surface area contributed by atoms with Gasteiger partial charge < -0.3 is 23.7 Å². The molecule has 7 rings (SSSR count). The minimum absolute atomic E-state index is 0.202. The molecule has 0 amide bonds. The largest absolute Gasteiger partial charge is 0.472 e. The van der Waals surface area contributed by atoms with E-state index < -0.39 is 62.9 Å². The Kier molecular flexibility index (Phi) is 3.45. The Bertz CT molecular complexity index is 1200. The number of aliphatic hydroxyl groups excluding tert-OH is 1. The van der Waals surface area contributed by atoms with Gasteiger partial charge in [-0.05, 0) is 44.7 Å². The summed E-state index contributed by atoms with van der Waals surface area (Å²) in [4.78, 5) is 40.8. The molecule has 0 bridgehead atoms. The van der Waals surface area contributed by atoms with Crippen LogP contribution in [-0.4, -0.2) is 52.7 Å². The molecule has 1 spiro atoms. The van der Waals surface area contributed by atoms with Crippen molar-refractivity contribution in [2.24, 2.45) is 27.6 Å². The number of epoxide rings is 1. The van der Waals surface area contributed by atoms with E-state index in [1.165, 1.54) is 12.3 Å². The summed E-state index contributed by atoms with van der Waals surface area (Å²) < 4.78 is 23.7. The van der Waals surface area contributed by atoms with Crippen LogP contribution in [0.2, 0.25) is 0 Å². The monoisotopic (exact) mass is 468 g/mol. The van der Waals surface area contributed by atoms with Crippen molar-refractivity contribution < 1.29 is 38.1 Å². The lowest BCUT2D eigenvalue weighted by Gasteiger charge is -2.66. The number of fused-ring (bicyclic) bond motifs is 1. The number of Topliss-reactive ketones (excluding diaryl/α,β-unsaturated/α-hetero) is 1. The van der Waals surface area contributed by atoms with Gasteiger partial charge in [-0.1, -0.05) is 19.9 Å². The van der Waals surface area contributed by atoms with Crippen LogP contribution in [0.3, 0.4) is 0 Å². The number of ether oxygens (including phenoxy) is 3. The van der Waals surface area contributed by atoms with Crippen LogP contribution in [0.1, 0.15) is 52.2 Å². The number of hydrogen-bond acceptors (Lipinski definition) is 8.